The van der Waals surface area contributed by atoms with Crippen molar-refractivity contribution in [3.05, 3.63) is 28.2 Å². The van der Waals surface area contributed by atoms with Crippen molar-refractivity contribution in [2.24, 2.45) is 5.84 Å². The van der Waals surface area contributed by atoms with Crippen molar-refractivity contribution in [1.29, 1.82) is 0 Å². The highest BCUT2D eigenvalue weighted by Gasteiger charge is 2.13. The average Bonchev–Trinajstić information content (AvgIpc) is 2.22. The summed E-state index contributed by atoms with van der Waals surface area (Å²) in [4.78, 5) is 12.0. The lowest BCUT2D eigenvalue weighted by atomic mass is 10.4. The minimum Gasteiger partial charge on any atom is -0.293 e. The Balaban J connectivity index is 2.73. The summed E-state index contributed by atoms with van der Waals surface area (Å²) < 4.78 is 0. The van der Waals surface area contributed by atoms with E-state index < -0.39 is 0 Å². The van der Waals surface area contributed by atoms with Crippen LogP contribution in [0.3, 0.4) is 0 Å². The first-order valence-electron chi connectivity index (χ1n) is 4.16. The van der Waals surface area contributed by atoms with Crippen molar-refractivity contribution in [3.8, 4) is 0 Å². The van der Waals surface area contributed by atoms with Gasteiger partial charge in [0.2, 0.25) is 5.91 Å². The van der Waals surface area contributed by atoms with Gasteiger partial charge in [-0.25, -0.2) is 5.84 Å². The molecule has 1 atom stereocenters. The number of thioether (sulfide) groups is 1. The lowest BCUT2D eigenvalue weighted by molar-refractivity contribution is -0.120. The maximum Gasteiger partial charge on any atom is 0.247 e. The molecule has 1 aromatic carbocycles. The van der Waals surface area contributed by atoms with Gasteiger partial charge in [0.1, 0.15) is 0 Å². The molecule has 0 heterocycles. The number of carbonyl (C=O) groups is 1. The lowest BCUT2D eigenvalue weighted by Crippen LogP contribution is -2.36. The summed E-state index contributed by atoms with van der Waals surface area (Å²) in [7, 11) is 0. The number of hydrazine groups is 1. The minimum atomic E-state index is -0.271. The van der Waals surface area contributed by atoms with Crippen LogP contribution >= 0.6 is 35.0 Å². The quantitative estimate of drug-likeness (QED) is 0.382. The van der Waals surface area contributed by atoms with Crippen molar-refractivity contribution >= 4 is 40.9 Å². The van der Waals surface area contributed by atoms with Crippen LogP contribution in [-0.4, -0.2) is 11.2 Å². The monoisotopic (exact) mass is 264 g/mol. The van der Waals surface area contributed by atoms with Crippen LogP contribution < -0.4 is 11.3 Å². The number of hydrogen-bond donors (Lipinski definition) is 2. The summed E-state index contributed by atoms with van der Waals surface area (Å²) in [6, 6.07) is 5.22. The molecule has 0 saturated heterocycles. The summed E-state index contributed by atoms with van der Waals surface area (Å²) in [5.41, 5.74) is 2.09. The summed E-state index contributed by atoms with van der Waals surface area (Å²) >= 11 is 13.0. The second-order valence-electron chi connectivity index (χ2n) is 2.84. The Morgan fingerprint density at radius 2 is 2.13 bits per heavy atom. The largest absolute Gasteiger partial charge is 0.293 e. The summed E-state index contributed by atoms with van der Waals surface area (Å²) in [6.45, 7) is 1.76. The molecule has 0 aliphatic carbocycles. The molecule has 0 aliphatic heterocycles. The van der Waals surface area contributed by atoms with Crippen LogP contribution in [0.5, 0.6) is 0 Å². The van der Waals surface area contributed by atoms with Crippen molar-refractivity contribution in [3.63, 3.8) is 0 Å². The highest BCUT2D eigenvalue weighted by atomic mass is 35.5. The van der Waals surface area contributed by atoms with Gasteiger partial charge in [-0.2, -0.15) is 0 Å². The van der Waals surface area contributed by atoms with Crippen LogP contribution in [0.2, 0.25) is 10.0 Å². The average molecular weight is 265 g/mol. The first-order chi connectivity index (χ1) is 7.04. The normalized spacial score (nSPS) is 12.3. The van der Waals surface area contributed by atoms with Gasteiger partial charge in [0.15, 0.2) is 0 Å². The summed E-state index contributed by atoms with van der Waals surface area (Å²) in [6.07, 6.45) is 0. The first kappa shape index (κ1) is 12.6. The van der Waals surface area contributed by atoms with Crippen LogP contribution in [0.1, 0.15) is 6.92 Å². The van der Waals surface area contributed by atoms with Gasteiger partial charge in [-0.3, -0.25) is 10.2 Å². The van der Waals surface area contributed by atoms with E-state index in [1.54, 1.807) is 25.1 Å². The maximum atomic E-state index is 11.2. The molecule has 1 amide bonds. The van der Waals surface area contributed by atoms with E-state index in [1.807, 2.05) is 0 Å². The predicted molar refractivity (Wildman–Crippen MR) is 64.1 cm³/mol. The smallest absolute Gasteiger partial charge is 0.247 e. The second-order valence-corrected chi connectivity index (χ2v) is 5.07. The number of halogens is 2. The number of nitrogens with two attached hydrogens (primary N) is 1. The van der Waals surface area contributed by atoms with Crippen LogP contribution in [0, 0.1) is 0 Å². The molecule has 15 heavy (non-hydrogen) atoms. The molecule has 0 bridgehead atoms. The lowest BCUT2D eigenvalue weighted by Gasteiger charge is -2.09. The molecule has 0 fully saturated rings. The zero-order valence-electron chi connectivity index (χ0n) is 7.96. The van der Waals surface area contributed by atoms with E-state index in [-0.39, 0.29) is 11.2 Å². The number of hydrogen-bond acceptors (Lipinski definition) is 3. The SMILES string of the molecule is CC(Sc1ccc(Cl)c(Cl)c1)C(=O)NN. The third-order valence-electron chi connectivity index (χ3n) is 1.72. The van der Waals surface area contributed by atoms with Crippen molar-refractivity contribution < 1.29 is 4.79 Å². The molecule has 0 aliphatic rings. The van der Waals surface area contributed by atoms with Gasteiger partial charge in [-0.05, 0) is 25.1 Å². The Kier molecular flexibility index (Phi) is 4.73. The van der Waals surface area contributed by atoms with E-state index in [4.69, 9.17) is 29.0 Å². The standard InChI is InChI=1S/C9H10Cl2N2OS/c1-5(9(14)13-12)15-6-2-3-7(10)8(11)4-6/h2-5H,12H2,1H3,(H,13,14). The van der Waals surface area contributed by atoms with E-state index in [0.29, 0.717) is 10.0 Å². The molecule has 0 radical (unpaired) electrons. The van der Waals surface area contributed by atoms with E-state index in [2.05, 4.69) is 5.43 Å². The molecule has 3 nitrogen and oxygen atoms in total. The fourth-order valence-electron chi connectivity index (χ4n) is 0.925. The van der Waals surface area contributed by atoms with Crippen LogP contribution in [0.25, 0.3) is 0 Å². The van der Waals surface area contributed by atoms with Gasteiger partial charge >= 0.3 is 0 Å². The number of rotatable bonds is 3. The van der Waals surface area contributed by atoms with Gasteiger partial charge < -0.3 is 0 Å². The molecular formula is C9H10Cl2N2OS. The molecule has 3 N–H and O–H groups in total. The van der Waals surface area contributed by atoms with Gasteiger partial charge in [0.05, 0.1) is 15.3 Å². The Morgan fingerprint density at radius 3 is 2.67 bits per heavy atom. The van der Waals surface area contributed by atoms with Gasteiger partial charge in [-0.15, -0.1) is 11.8 Å². The third kappa shape index (κ3) is 3.57. The van der Waals surface area contributed by atoms with Gasteiger partial charge in [0, 0.05) is 4.90 Å². The summed E-state index contributed by atoms with van der Waals surface area (Å²) in [5.74, 6) is 4.79. The van der Waals surface area contributed by atoms with Crippen LogP contribution in [-0.2, 0) is 4.79 Å². The zero-order chi connectivity index (χ0) is 11.4. The molecule has 1 unspecified atom stereocenters. The highest BCUT2D eigenvalue weighted by molar-refractivity contribution is 8.00. The highest BCUT2D eigenvalue weighted by Crippen LogP contribution is 2.30. The Morgan fingerprint density at radius 1 is 1.47 bits per heavy atom. The fraction of sp³-hybridized carbons (Fsp3) is 0.222. The zero-order valence-corrected chi connectivity index (χ0v) is 10.3. The number of nitrogens with one attached hydrogen (secondary N) is 1. The van der Waals surface area contributed by atoms with Gasteiger partial charge in [-0.1, -0.05) is 23.2 Å². The Hall–Kier alpha value is -0.420. The molecule has 1 aromatic rings. The molecule has 82 valence electrons. The van der Waals surface area contributed by atoms with E-state index in [9.17, 15) is 4.79 Å². The molecule has 0 aromatic heterocycles. The van der Waals surface area contributed by atoms with Crippen molar-refractivity contribution in [2.75, 3.05) is 0 Å². The molecule has 1 rings (SSSR count). The summed E-state index contributed by atoms with van der Waals surface area (Å²) in [5, 5.41) is 0.700. The van der Waals surface area contributed by atoms with Crippen molar-refractivity contribution in [1.82, 2.24) is 5.43 Å². The van der Waals surface area contributed by atoms with E-state index in [1.165, 1.54) is 11.8 Å². The topological polar surface area (TPSA) is 55.1 Å². The fourth-order valence-corrected chi connectivity index (χ4v) is 2.20. The van der Waals surface area contributed by atoms with Crippen LogP contribution in [0.4, 0.5) is 0 Å². The molecule has 0 spiro atoms. The number of benzene rings is 1. The molecule has 0 saturated carbocycles. The predicted octanol–water partition coefficient (Wildman–Crippen LogP) is 2.46. The number of carbonyl (C=O) groups excluding carboxylic acids is 1. The minimum absolute atomic E-state index is 0.230. The Bertz CT molecular complexity index is 373. The van der Waals surface area contributed by atoms with Crippen LogP contribution in [0.15, 0.2) is 23.1 Å². The molecular weight excluding hydrogens is 255 g/mol. The second kappa shape index (κ2) is 5.61. The van der Waals surface area contributed by atoms with Crippen molar-refractivity contribution in [2.45, 2.75) is 17.1 Å². The van der Waals surface area contributed by atoms with E-state index >= 15 is 0 Å². The Labute approximate surface area is 102 Å². The maximum absolute atomic E-state index is 11.2. The molecule has 6 heteroatoms. The first-order valence-corrected chi connectivity index (χ1v) is 5.80. The number of amides is 1. The van der Waals surface area contributed by atoms with E-state index in [0.717, 1.165) is 4.90 Å². The third-order valence-corrected chi connectivity index (χ3v) is 3.55. The van der Waals surface area contributed by atoms with Gasteiger partial charge in [0.25, 0.3) is 0 Å².